The van der Waals surface area contributed by atoms with Gasteiger partial charge in [-0.15, -0.1) is 0 Å². The van der Waals surface area contributed by atoms with Gasteiger partial charge in [-0.1, -0.05) is 31.6 Å². The summed E-state index contributed by atoms with van der Waals surface area (Å²) < 4.78 is 26.4. The highest BCUT2D eigenvalue weighted by molar-refractivity contribution is 5.65. The monoisotopic (exact) mass is 210 g/mol. The molecular formula is C13H16F2. The van der Waals surface area contributed by atoms with Gasteiger partial charge in [0.2, 0.25) is 0 Å². The Hall–Kier alpha value is -1.18. The van der Waals surface area contributed by atoms with Crippen LogP contribution in [0.4, 0.5) is 8.78 Å². The van der Waals surface area contributed by atoms with Crippen LogP contribution in [0.5, 0.6) is 0 Å². The van der Waals surface area contributed by atoms with E-state index in [2.05, 4.69) is 6.92 Å². The van der Waals surface area contributed by atoms with Crippen molar-refractivity contribution in [2.24, 2.45) is 0 Å². The van der Waals surface area contributed by atoms with Crippen LogP contribution in [-0.2, 0) is 0 Å². The van der Waals surface area contributed by atoms with Crippen LogP contribution in [0.25, 0.3) is 5.57 Å². The Morgan fingerprint density at radius 3 is 2.67 bits per heavy atom. The zero-order chi connectivity index (χ0) is 11.3. The molecule has 0 atom stereocenters. The van der Waals surface area contributed by atoms with Crippen molar-refractivity contribution >= 4 is 5.57 Å². The second-order valence-corrected chi connectivity index (χ2v) is 3.52. The van der Waals surface area contributed by atoms with Gasteiger partial charge in [-0.3, -0.25) is 0 Å². The van der Waals surface area contributed by atoms with E-state index in [9.17, 15) is 8.78 Å². The summed E-state index contributed by atoms with van der Waals surface area (Å²) in [7, 11) is 0. The Kier molecular flexibility index (Phi) is 4.47. The lowest BCUT2D eigenvalue weighted by atomic mass is 9.99. The standard InChI is InChI=1S/C13H16F2/c1-3-5-7-10(4-2)11-8-6-9-12(14)13(11)15/h4,6,8-9H,3,5,7H2,1-2H3/b10-4+. The Bertz CT molecular complexity index is 354. The molecule has 0 aromatic heterocycles. The summed E-state index contributed by atoms with van der Waals surface area (Å²) in [4.78, 5) is 0. The normalized spacial score (nSPS) is 11.9. The number of hydrogen-bond donors (Lipinski definition) is 0. The minimum atomic E-state index is -0.775. The molecule has 1 aromatic carbocycles. The first-order valence-electron chi connectivity index (χ1n) is 5.30. The fourth-order valence-corrected chi connectivity index (χ4v) is 1.55. The SMILES string of the molecule is C/C=C(\CCCC)c1cccc(F)c1F. The van der Waals surface area contributed by atoms with E-state index in [-0.39, 0.29) is 0 Å². The van der Waals surface area contributed by atoms with Crippen LogP contribution in [0.15, 0.2) is 24.3 Å². The van der Waals surface area contributed by atoms with E-state index in [4.69, 9.17) is 0 Å². The van der Waals surface area contributed by atoms with Gasteiger partial charge < -0.3 is 0 Å². The van der Waals surface area contributed by atoms with E-state index in [1.54, 1.807) is 12.1 Å². The van der Waals surface area contributed by atoms with E-state index < -0.39 is 11.6 Å². The molecule has 0 nitrogen and oxygen atoms in total. The molecule has 0 saturated carbocycles. The Morgan fingerprint density at radius 1 is 1.33 bits per heavy atom. The topological polar surface area (TPSA) is 0 Å². The van der Waals surface area contributed by atoms with Crippen LogP contribution in [0.3, 0.4) is 0 Å². The van der Waals surface area contributed by atoms with Gasteiger partial charge >= 0.3 is 0 Å². The molecule has 0 aliphatic heterocycles. The lowest BCUT2D eigenvalue weighted by Crippen LogP contribution is -1.93. The maximum absolute atomic E-state index is 13.5. The van der Waals surface area contributed by atoms with Crippen molar-refractivity contribution in [1.82, 2.24) is 0 Å². The maximum Gasteiger partial charge on any atom is 0.166 e. The van der Waals surface area contributed by atoms with Crippen molar-refractivity contribution in [3.05, 3.63) is 41.5 Å². The third-order valence-corrected chi connectivity index (χ3v) is 2.45. The summed E-state index contributed by atoms with van der Waals surface area (Å²) in [6.07, 6.45) is 4.70. The number of rotatable bonds is 4. The van der Waals surface area contributed by atoms with Gasteiger partial charge in [-0.05, 0) is 31.4 Å². The van der Waals surface area contributed by atoms with Crippen LogP contribution < -0.4 is 0 Å². The highest BCUT2D eigenvalue weighted by Gasteiger charge is 2.10. The van der Waals surface area contributed by atoms with Gasteiger partial charge in [0.15, 0.2) is 11.6 Å². The lowest BCUT2D eigenvalue weighted by molar-refractivity contribution is 0.506. The number of unbranched alkanes of at least 4 members (excludes halogenated alkanes) is 1. The van der Waals surface area contributed by atoms with Gasteiger partial charge in [0, 0.05) is 5.56 Å². The predicted octanol–water partition coefficient (Wildman–Crippen LogP) is 4.56. The van der Waals surface area contributed by atoms with Crippen LogP contribution in [0, 0.1) is 11.6 Å². The van der Waals surface area contributed by atoms with Crippen molar-refractivity contribution in [1.29, 1.82) is 0 Å². The number of benzene rings is 1. The Labute approximate surface area is 89.6 Å². The zero-order valence-electron chi connectivity index (χ0n) is 9.19. The van der Waals surface area contributed by atoms with E-state index in [0.717, 1.165) is 30.9 Å². The Balaban J connectivity index is 2.98. The molecule has 0 N–H and O–H groups in total. The largest absolute Gasteiger partial charge is 0.204 e. The van der Waals surface area contributed by atoms with Gasteiger partial charge in [-0.2, -0.15) is 0 Å². The molecule has 0 radical (unpaired) electrons. The highest BCUT2D eigenvalue weighted by atomic mass is 19.2. The molecule has 0 fully saturated rings. The van der Waals surface area contributed by atoms with Gasteiger partial charge in [-0.25, -0.2) is 8.78 Å². The second kappa shape index (κ2) is 5.64. The fraction of sp³-hybridized carbons (Fsp3) is 0.385. The van der Waals surface area contributed by atoms with E-state index in [1.165, 1.54) is 0 Å². The summed E-state index contributed by atoms with van der Waals surface area (Å²) in [6.45, 7) is 3.94. The van der Waals surface area contributed by atoms with Gasteiger partial charge in [0.25, 0.3) is 0 Å². The van der Waals surface area contributed by atoms with Gasteiger partial charge in [0.05, 0.1) is 0 Å². The smallest absolute Gasteiger partial charge is 0.166 e. The Morgan fingerprint density at radius 2 is 2.07 bits per heavy atom. The molecule has 0 saturated heterocycles. The minimum absolute atomic E-state index is 0.394. The molecule has 0 aliphatic carbocycles. The predicted molar refractivity (Wildman–Crippen MR) is 59.5 cm³/mol. The van der Waals surface area contributed by atoms with Gasteiger partial charge in [0.1, 0.15) is 0 Å². The van der Waals surface area contributed by atoms with Crippen molar-refractivity contribution in [3.63, 3.8) is 0 Å². The third kappa shape index (κ3) is 2.88. The molecule has 0 aliphatic rings. The fourth-order valence-electron chi connectivity index (χ4n) is 1.55. The second-order valence-electron chi connectivity index (χ2n) is 3.52. The molecule has 0 amide bonds. The van der Waals surface area contributed by atoms with Crippen LogP contribution in [0.2, 0.25) is 0 Å². The maximum atomic E-state index is 13.5. The molecular weight excluding hydrogens is 194 g/mol. The molecule has 0 bridgehead atoms. The first-order valence-corrected chi connectivity index (χ1v) is 5.30. The number of allylic oxidation sites excluding steroid dienone is 2. The molecule has 1 rings (SSSR count). The van der Waals surface area contributed by atoms with Crippen molar-refractivity contribution < 1.29 is 8.78 Å². The average Bonchev–Trinajstić information content (AvgIpc) is 2.25. The summed E-state index contributed by atoms with van der Waals surface area (Å²) in [6, 6.07) is 4.32. The summed E-state index contributed by atoms with van der Waals surface area (Å²) in [5.74, 6) is -1.51. The zero-order valence-corrected chi connectivity index (χ0v) is 9.19. The van der Waals surface area contributed by atoms with Crippen LogP contribution in [-0.4, -0.2) is 0 Å². The number of halogens is 2. The molecule has 0 spiro atoms. The minimum Gasteiger partial charge on any atom is -0.204 e. The van der Waals surface area contributed by atoms with E-state index in [1.807, 2.05) is 13.0 Å². The summed E-state index contributed by atoms with van der Waals surface area (Å²) >= 11 is 0. The number of hydrogen-bond acceptors (Lipinski definition) is 0. The summed E-state index contributed by atoms with van der Waals surface area (Å²) in [5.41, 5.74) is 1.28. The quantitative estimate of drug-likeness (QED) is 0.683. The molecule has 0 heterocycles. The lowest BCUT2D eigenvalue weighted by Gasteiger charge is -2.08. The molecule has 1 aromatic rings. The average molecular weight is 210 g/mol. The van der Waals surface area contributed by atoms with Crippen LogP contribution >= 0.6 is 0 Å². The van der Waals surface area contributed by atoms with Crippen LogP contribution in [0.1, 0.15) is 38.7 Å². The first-order chi connectivity index (χ1) is 7.20. The summed E-state index contributed by atoms with van der Waals surface area (Å²) in [5, 5.41) is 0. The van der Waals surface area contributed by atoms with Crippen molar-refractivity contribution in [2.45, 2.75) is 33.1 Å². The molecule has 15 heavy (non-hydrogen) atoms. The molecule has 2 heteroatoms. The highest BCUT2D eigenvalue weighted by Crippen LogP contribution is 2.24. The molecule has 82 valence electrons. The van der Waals surface area contributed by atoms with Crippen molar-refractivity contribution in [2.75, 3.05) is 0 Å². The molecule has 0 unspecified atom stereocenters. The van der Waals surface area contributed by atoms with Crippen molar-refractivity contribution in [3.8, 4) is 0 Å². The first kappa shape index (κ1) is 11.9. The van der Waals surface area contributed by atoms with E-state index in [0.29, 0.717) is 5.56 Å². The third-order valence-electron chi connectivity index (χ3n) is 2.45. The van der Waals surface area contributed by atoms with E-state index >= 15 is 0 Å².